The number of rotatable bonds is 9. The molecule has 2 aromatic heterocycles. The Bertz CT molecular complexity index is 1150. The van der Waals surface area contributed by atoms with Crippen molar-refractivity contribution in [3.8, 4) is 11.3 Å². The molecule has 0 saturated carbocycles. The first-order chi connectivity index (χ1) is 15.7. The quantitative estimate of drug-likeness (QED) is 0.164. The highest BCUT2D eigenvalue weighted by molar-refractivity contribution is 14.2. The molecule has 0 radical (unpaired) electrons. The number of benzene rings is 1. The number of halogens is 5. The molecule has 6 nitrogen and oxygen atoms in total. The maximum atomic E-state index is 12.6. The summed E-state index contributed by atoms with van der Waals surface area (Å²) in [5.74, 6) is 0.750. The van der Waals surface area contributed by atoms with Gasteiger partial charge in [-0.05, 0) is 62.3 Å². The van der Waals surface area contributed by atoms with Crippen LogP contribution in [0.2, 0.25) is 5.02 Å². The Labute approximate surface area is 204 Å². The van der Waals surface area contributed by atoms with E-state index in [0.29, 0.717) is 41.3 Å². The minimum Gasteiger partial charge on any atom is -0.368 e. The zero-order chi connectivity index (χ0) is 24.0. The first kappa shape index (κ1) is 24.9. The molecule has 0 aliphatic carbocycles. The average Bonchev–Trinajstić information content (AvgIpc) is 2.76. The summed E-state index contributed by atoms with van der Waals surface area (Å²) < 4.78 is 45.0. The second-order valence-corrected chi connectivity index (χ2v) is 8.64. The van der Waals surface area contributed by atoms with Crippen molar-refractivity contribution in [1.29, 1.82) is 0 Å². The van der Waals surface area contributed by atoms with Gasteiger partial charge in [0.25, 0.3) is 0 Å². The third kappa shape index (κ3) is 6.64. The highest BCUT2D eigenvalue weighted by Crippen LogP contribution is 2.31. The van der Waals surface area contributed by atoms with Crippen molar-refractivity contribution < 1.29 is 13.2 Å². The maximum absolute atomic E-state index is 12.6. The van der Waals surface area contributed by atoms with Crippen LogP contribution < -0.4 is 14.2 Å². The number of nitrogens with one attached hydrogen (secondary N) is 3. The summed E-state index contributed by atoms with van der Waals surface area (Å²) >= 11 is 5.63. The number of hydrogen-bond acceptors (Lipinski definition) is 6. The van der Waals surface area contributed by atoms with Crippen LogP contribution in [0.4, 0.5) is 24.9 Å². The lowest BCUT2D eigenvalue weighted by Gasteiger charge is -2.15. The van der Waals surface area contributed by atoms with Gasteiger partial charge in [0.05, 0.1) is 11.3 Å². The molecule has 3 rings (SSSR count). The number of alkyl halides is 3. The molecule has 3 aromatic rings. The Balaban J connectivity index is 1.72. The van der Waals surface area contributed by atoms with E-state index in [1.165, 1.54) is 6.07 Å². The van der Waals surface area contributed by atoms with Gasteiger partial charge in [-0.15, -0.1) is 0 Å². The van der Waals surface area contributed by atoms with Crippen molar-refractivity contribution in [2.45, 2.75) is 13.1 Å². The Morgan fingerprint density at radius 1 is 1.09 bits per heavy atom. The molecule has 0 unspecified atom stereocenters. The molecular formula is C22H21ClF3IN6. The number of hydrogen-bond donors (Lipinski definition) is 3. The minimum absolute atomic E-state index is 0.345. The molecule has 0 amide bonds. The van der Waals surface area contributed by atoms with Crippen LogP contribution in [0, 0.1) is 6.92 Å². The molecule has 174 valence electrons. The highest BCUT2D eigenvalue weighted by Gasteiger charge is 2.30. The summed E-state index contributed by atoms with van der Waals surface area (Å²) in [6.07, 6.45) is -1.92. The van der Waals surface area contributed by atoms with Crippen molar-refractivity contribution in [3.05, 3.63) is 71.0 Å². The van der Waals surface area contributed by atoms with Gasteiger partial charge in [-0.3, -0.25) is 0 Å². The second-order valence-electron chi connectivity index (χ2n) is 6.91. The van der Waals surface area contributed by atoms with Gasteiger partial charge in [0.2, 0.25) is 5.95 Å². The molecule has 0 saturated heterocycles. The van der Waals surface area contributed by atoms with Crippen LogP contribution in [0.1, 0.15) is 16.7 Å². The van der Waals surface area contributed by atoms with Crippen molar-refractivity contribution in [1.82, 2.24) is 18.5 Å². The second kappa shape index (κ2) is 10.9. The monoisotopic (exact) mass is 588 g/mol. The van der Waals surface area contributed by atoms with E-state index < -0.39 is 32.7 Å². The predicted molar refractivity (Wildman–Crippen MR) is 137 cm³/mol. The van der Waals surface area contributed by atoms with Gasteiger partial charge in [0.1, 0.15) is 5.82 Å². The zero-order valence-electron chi connectivity index (χ0n) is 17.6. The average molecular weight is 589 g/mol. The minimum atomic E-state index is -4.41. The molecule has 0 fully saturated rings. The van der Waals surface area contributed by atoms with Crippen LogP contribution in [0.15, 0.2) is 49.3 Å². The number of nitrogens with zero attached hydrogens (tertiary/aromatic N) is 3. The maximum Gasteiger partial charge on any atom is 0.417 e. The third-order valence-corrected chi connectivity index (χ3v) is 5.81. The van der Waals surface area contributed by atoms with Crippen molar-refractivity contribution in [2.75, 3.05) is 23.7 Å². The van der Waals surface area contributed by atoms with E-state index in [1.807, 2.05) is 19.1 Å². The Morgan fingerprint density at radius 3 is 2.48 bits per heavy atom. The van der Waals surface area contributed by atoms with Gasteiger partial charge >= 0.3 is 6.18 Å². The van der Waals surface area contributed by atoms with E-state index in [2.05, 4.69) is 40.2 Å². The normalized spacial score (nSPS) is 11.2. The fourth-order valence-electron chi connectivity index (χ4n) is 2.95. The van der Waals surface area contributed by atoms with E-state index in [0.717, 1.165) is 29.0 Å². The number of aromatic nitrogens is 3. The molecule has 33 heavy (non-hydrogen) atoms. The van der Waals surface area contributed by atoms with Crippen LogP contribution in [0.25, 0.3) is 17.0 Å². The first-order valence-electron chi connectivity index (χ1n) is 9.66. The smallest absolute Gasteiger partial charge is 0.368 e. The first-order valence-corrected chi connectivity index (χ1v) is 12.6. The van der Waals surface area contributed by atoms with E-state index in [-0.39, 0.29) is 0 Å². The van der Waals surface area contributed by atoms with E-state index in [1.54, 1.807) is 12.3 Å². The van der Waals surface area contributed by atoms with Crippen LogP contribution in [-0.4, -0.2) is 32.6 Å². The van der Waals surface area contributed by atoms with Gasteiger partial charge in [0.15, 0.2) is 0 Å². The van der Waals surface area contributed by atoms with Crippen LogP contribution in [0.5, 0.6) is 0 Å². The molecular weight excluding hydrogens is 568 g/mol. The van der Waals surface area contributed by atoms with Gasteiger partial charge in [-0.1, -0.05) is 24.2 Å². The van der Waals surface area contributed by atoms with E-state index in [4.69, 9.17) is 11.6 Å². The largest absolute Gasteiger partial charge is 0.417 e. The summed E-state index contributed by atoms with van der Waals surface area (Å²) in [5, 5.41) is 6.71. The van der Waals surface area contributed by atoms with Gasteiger partial charge in [0, 0.05) is 47.3 Å². The molecule has 0 spiro atoms. The van der Waals surface area contributed by atoms with Crippen LogP contribution in [0.3, 0.4) is 0 Å². The number of anilines is 2. The van der Waals surface area contributed by atoms with Crippen LogP contribution >= 0.6 is 32.6 Å². The Morgan fingerprint density at radius 2 is 1.85 bits per heavy atom. The molecule has 0 aliphatic heterocycles. The van der Waals surface area contributed by atoms with E-state index in [9.17, 15) is 13.2 Å². The van der Waals surface area contributed by atoms with Crippen molar-refractivity contribution >= 4 is 54.6 Å². The number of pyridine rings is 1. The Kier molecular flexibility index (Phi) is 8.25. The summed E-state index contributed by atoms with van der Waals surface area (Å²) in [5.41, 5.74) is 3.23. The lowest BCUT2D eigenvalue weighted by atomic mass is 10.0. The third-order valence-electron chi connectivity index (χ3n) is 4.54. The molecule has 2 heterocycles. The van der Waals surface area contributed by atoms with Gasteiger partial charge < -0.3 is 14.2 Å². The fourth-order valence-corrected chi connectivity index (χ4v) is 3.93. The number of aryl methyl sites for hydroxylation is 1. The molecule has 11 heteroatoms. The summed E-state index contributed by atoms with van der Waals surface area (Å²) in [7, 11) is 0. The molecule has 0 bridgehead atoms. The fraction of sp³-hybridized carbons (Fsp3) is 0.182. The van der Waals surface area contributed by atoms with Crippen molar-refractivity contribution in [3.63, 3.8) is 0 Å². The van der Waals surface area contributed by atoms with Crippen molar-refractivity contribution in [2.24, 2.45) is 0 Å². The van der Waals surface area contributed by atoms with Gasteiger partial charge in [-0.2, -0.15) is 13.2 Å². The standard InChI is InChI=1S/C22H21ClF3IN6/c1-13-10-16(23)5-6-17(13)20-18(14(2)33-27-3)12-31-21(32-20)29-9-8-28-19-7-4-15(11-30-19)22(24,25)26/h4-7,10-12,33H,2-3,8-9H2,1H3,(H,28,30)(H,29,31,32). The summed E-state index contributed by atoms with van der Waals surface area (Å²) in [4.78, 5) is 12.8. The summed E-state index contributed by atoms with van der Waals surface area (Å²) in [6.45, 7) is 6.84. The highest BCUT2D eigenvalue weighted by atomic mass is 127. The molecule has 1 aromatic carbocycles. The lowest BCUT2D eigenvalue weighted by Crippen LogP contribution is -2.16. The predicted octanol–water partition coefficient (Wildman–Crippen LogP) is 5.92. The van der Waals surface area contributed by atoms with Gasteiger partial charge in [-0.25, -0.2) is 15.0 Å². The lowest BCUT2D eigenvalue weighted by molar-refractivity contribution is -0.137. The molecule has 0 aliphatic rings. The topological polar surface area (TPSA) is 74.8 Å². The van der Waals surface area contributed by atoms with Crippen LogP contribution in [-0.2, 0) is 6.18 Å². The Hall–Kier alpha value is -2.73. The summed E-state index contributed by atoms with van der Waals surface area (Å²) in [6, 6.07) is 7.84. The van der Waals surface area contributed by atoms with E-state index >= 15 is 0 Å². The SMILES string of the molecule is C=INC(=C)c1cnc(NCCNc2ccc(C(F)(F)F)cn2)nc1-c1ccc(Cl)cc1C. The molecule has 0 atom stereocenters. The molecule has 3 N–H and O–H groups in total. The zero-order valence-corrected chi connectivity index (χ0v) is 20.5.